The summed E-state index contributed by atoms with van der Waals surface area (Å²) in [7, 11) is 2.35. The van der Waals surface area contributed by atoms with Crippen LogP contribution >= 0.6 is 9.24 Å². The summed E-state index contributed by atoms with van der Waals surface area (Å²) < 4.78 is 18.9. The fourth-order valence-electron chi connectivity index (χ4n) is 2.27. The van der Waals surface area contributed by atoms with Crippen molar-refractivity contribution in [2.45, 2.75) is 12.8 Å². The molecule has 0 amide bonds. The van der Waals surface area contributed by atoms with Crippen LogP contribution in [0.15, 0.2) is 18.2 Å². The first-order valence-electron chi connectivity index (χ1n) is 6.43. The van der Waals surface area contributed by atoms with E-state index >= 15 is 0 Å². The third-order valence-corrected chi connectivity index (χ3v) is 3.93. The number of benzene rings is 1. The molecule has 0 bridgehead atoms. The Morgan fingerprint density at radius 1 is 1.47 bits per heavy atom. The standard InChI is InChI=1S/C14H19FNO2P/c1-10(17)12(9-16-4-6-18-7-5-16)11-2-3-14(19)13(15)8-11/h2-3,8,12H,4-7,9,19H2,1H3. The van der Waals surface area contributed by atoms with Crippen LogP contribution in [0.2, 0.25) is 0 Å². The van der Waals surface area contributed by atoms with E-state index in [1.165, 1.54) is 6.07 Å². The highest BCUT2D eigenvalue weighted by Gasteiger charge is 2.22. The SMILES string of the molecule is CC(=O)C(CN1CCOCC1)c1ccc(P)c(F)c1. The molecule has 0 aliphatic carbocycles. The zero-order chi connectivity index (χ0) is 13.8. The Labute approximate surface area is 115 Å². The van der Waals surface area contributed by atoms with Crippen LogP contribution in [0.4, 0.5) is 4.39 Å². The Hall–Kier alpha value is -0.830. The quantitative estimate of drug-likeness (QED) is 0.781. The average molecular weight is 283 g/mol. The van der Waals surface area contributed by atoms with Gasteiger partial charge in [0.25, 0.3) is 0 Å². The average Bonchev–Trinajstić information content (AvgIpc) is 2.40. The van der Waals surface area contributed by atoms with Gasteiger partial charge in [-0.2, -0.15) is 0 Å². The second-order valence-electron chi connectivity index (χ2n) is 4.86. The minimum Gasteiger partial charge on any atom is -0.379 e. The number of ketones is 1. The fourth-order valence-corrected chi connectivity index (χ4v) is 2.45. The number of carbonyl (C=O) groups excluding carboxylic acids is 1. The molecule has 0 saturated carbocycles. The molecule has 2 atom stereocenters. The number of ether oxygens (including phenoxy) is 1. The molecule has 2 unspecified atom stereocenters. The molecule has 104 valence electrons. The first-order valence-corrected chi connectivity index (χ1v) is 7.01. The van der Waals surface area contributed by atoms with Crippen LogP contribution in [-0.4, -0.2) is 43.5 Å². The predicted molar refractivity (Wildman–Crippen MR) is 76.4 cm³/mol. The molecule has 0 radical (unpaired) electrons. The molecule has 1 aromatic rings. The van der Waals surface area contributed by atoms with E-state index in [0.29, 0.717) is 25.1 Å². The monoisotopic (exact) mass is 283 g/mol. The van der Waals surface area contributed by atoms with Gasteiger partial charge < -0.3 is 4.74 Å². The predicted octanol–water partition coefficient (Wildman–Crippen LogP) is 1.33. The lowest BCUT2D eigenvalue weighted by molar-refractivity contribution is -0.119. The molecular formula is C14H19FNO2P. The van der Waals surface area contributed by atoms with Gasteiger partial charge in [0.2, 0.25) is 0 Å². The van der Waals surface area contributed by atoms with E-state index in [4.69, 9.17) is 4.74 Å². The number of nitrogens with zero attached hydrogens (tertiary/aromatic N) is 1. The van der Waals surface area contributed by atoms with Gasteiger partial charge in [-0.25, -0.2) is 4.39 Å². The molecule has 1 aromatic carbocycles. The summed E-state index contributed by atoms with van der Waals surface area (Å²) in [4.78, 5) is 14.0. The van der Waals surface area contributed by atoms with Crippen molar-refractivity contribution in [2.75, 3.05) is 32.8 Å². The van der Waals surface area contributed by atoms with Gasteiger partial charge in [0.1, 0.15) is 11.6 Å². The Balaban J connectivity index is 2.14. The maximum absolute atomic E-state index is 13.6. The van der Waals surface area contributed by atoms with Crippen molar-refractivity contribution in [3.8, 4) is 0 Å². The van der Waals surface area contributed by atoms with Crippen LogP contribution in [0.1, 0.15) is 18.4 Å². The normalized spacial score (nSPS) is 18.3. The van der Waals surface area contributed by atoms with Gasteiger partial charge in [0.15, 0.2) is 0 Å². The van der Waals surface area contributed by atoms with Crippen molar-refractivity contribution >= 4 is 20.3 Å². The molecule has 1 saturated heterocycles. The minimum absolute atomic E-state index is 0.0717. The van der Waals surface area contributed by atoms with Crippen molar-refractivity contribution in [2.24, 2.45) is 0 Å². The number of rotatable bonds is 4. The van der Waals surface area contributed by atoms with Crippen LogP contribution in [0.3, 0.4) is 0 Å². The largest absolute Gasteiger partial charge is 0.379 e. The molecule has 0 aromatic heterocycles. The fraction of sp³-hybridized carbons (Fsp3) is 0.500. The summed E-state index contributed by atoms with van der Waals surface area (Å²) in [5, 5.41) is 0.525. The van der Waals surface area contributed by atoms with Crippen molar-refractivity contribution in [3.05, 3.63) is 29.6 Å². The number of carbonyl (C=O) groups is 1. The molecule has 1 aliphatic rings. The first-order chi connectivity index (χ1) is 9.08. The molecule has 1 aliphatic heterocycles. The van der Waals surface area contributed by atoms with Crippen molar-refractivity contribution in [1.29, 1.82) is 0 Å². The number of hydrogen-bond donors (Lipinski definition) is 0. The summed E-state index contributed by atoms with van der Waals surface area (Å²) >= 11 is 0. The summed E-state index contributed by atoms with van der Waals surface area (Å²) in [6.07, 6.45) is 0. The van der Waals surface area contributed by atoms with E-state index in [1.54, 1.807) is 13.0 Å². The maximum atomic E-state index is 13.6. The van der Waals surface area contributed by atoms with Gasteiger partial charge in [-0.15, -0.1) is 9.24 Å². The van der Waals surface area contributed by atoms with Crippen molar-refractivity contribution < 1.29 is 13.9 Å². The van der Waals surface area contributed by atoms with Crippen LogP contribution < -0.4 is 5.30 Å². The Morgan fingerprint density at radius 3 is 2.74 bits per heavy atom. The maximum Gasteiger partial charge on any atom is 0.138 e. The van der Waals surface area contributed by atoms with Crippen molar-refractivity contribution in [1.82, 2.24) is 4.90 Å². The Morgan fingerprint density at radius 2 is 2.16 bits per heavy atom. The van der Waals surface area contributed by atoms with Gasteiger partial charge in [-0.3, -0.25) is 9.69 Å². The molecule has 19 heavy (non-hydrogen) atoms. The van der Waals surface area contributed by atoms with E-state index in [0.717, 1.165) is 18.7 Å². The van der Waals surface area contributed by atoms with E-state index in [-0.39, 0.29) is 17.5 Å². The Bertz CT molecular complexity index is 461. The highest BCUT2D eigenvalue weighted by Crippen LogP contribution is 2.20. The summed E-state index contributed by atoms with van der Waals surface area (Å²) in [6, 6.07) is 5.00. The summed E-state index contributed by atoms with van der Waals surface area (Å²) in [5.74, 6) is -0.476. The first kappa shape index (κ1) is 14.6. The zero-order valence-corrected chi connectivity index (χ0v) is 12.2. The minimum atomic E-state index is -0.282. The molecule has 0 N–H and O–H groups in total. The summed E-state index contributed by atoms with van der Waals surface area (Å²) in [5.41, 5.74) is 0.752. The smallest absolute Gasteiger partial charge is 0.138 e. The van der Waals surface area contributed by atoms with E-state index in [9.17, 15) is 9.18 Å². The lowest BCUT2D eigenvalue weighted by atomic mass is 9.94. The Kier molecular flexibility index (Phi) is 5.03. The van der Waals surface area contributed by atoms with Gasteiger partial charge in [-0.05, 0) is 18.6 Å². The third kappa shape index (κ3) is 3.82. The molecule has 5 heteroatoms. The number of halogens is 1. The van der Waals surface area contributed by atoms with E-state index in [2.05, 4.69) is 14.1 Å². The summed E-state index contributed by atoms with van der Waals surface area (Å²) in [6.45, 7) is 5.25. The number of morpholine rings is 1. The van der Waals surface area contributed by atoms with Gasteiger partial charge >= 0.3 is 0 Å². The molecule has 0 spiro atoms. The van der Waals surface area contributed by atoms with Crippen LogP contribution in [0.25, 0.3) is 0 Å². The molecule has 1 fully saturated rings. The molecule has 2 rings (SSSR count). The van der Waals surface area contributed by atoms with Crippen LogP contribution in [0.5, 0.6) is 0 Å². The van der Waals surface area contributed by atoms with E-state index in [1.807, 2.05) is 6.07 Å². The van der Waals surface area contributed by atoms with Gasteiger partial charge in [-0.1, -0.05) is 12.1 Å². The zero-order valence-electron chi connectivity index (χ0n) is 11.1. The highest BCUT2D eigenvalue weighted by atomic mass is 31.0. The molecule has 1 heterocycles. The van der Waals surface area contributed by atoms with Crippen molar-refractivity contribution in [3.63, 3.8) is 0 Å². The molecule has 3 nitrogen and oxygen atoms in total. The second kappa shape index (κ2) is 6.56. The van der Waals surface area contributed by atoms with Gasteiger partial charge in [0, 0.05) is 24.9 Å². The van der Waals surface area contributed by atoms with Crippen LogP contribution in [0, 0.1) is 5.82 Å². The lowest BCUT2D eigenvalue weighted by Crippen LogP contribution is -2.40. The highest BCUT2D eigenvalue weighted by molar-refractivity contribution is 7.27. The third-order valence-electron chi connectivity index (χ3n) is 3.46. The van der Waals surface area contributed by atoms with Crippen LogP contribution in [-0.2, 0) is 9.53 Å². The van der Waals surface area contributed by atoms with Gasteiger partial charge in [0.05, 0.1) is 19.1 Å². The second-order valence-corrected chi connectivity index (χ2v) is 5.48. The lowest BCUT2D eigenvalue weighted by Gasteiger charge is -2.29. The van der Waals surface area contributed by atoms with E-state index < -0.39 is 0 Å². The number of Topliss-reactive ketones (excluding diaryl/α,β-unsaturated/α-hetero) is 1. The molecular weight excluding hydrogens is 264 g/mol. The number of hydrogen-bond acceptors (Lipinski definition) is 3. The topological polar surface area (TPSA) is 29.5 Å².